The molecule has 1 aromatic heterocycles. The molecule has 162 valence electrons. The van der Waals surface area contributed by atoms with E-state index in [0.29, 0.717) is 30.8 Å². The lowest BCUT2D eigenvalue weighted by Gasteiger charge is -2.27. The number of carbonyl (C=O) groups excluding carboxylic acids is 1. The Bertz CT molecular complexity index is 660. The van der Waals surface area contributed by atoms with Gasteiger partial charge in [0.1, 0.15) is 0 Å². The Balaban J connectivity index is 1.61. The highest BCUT2D eigenvalue weighted by molar-refractivity contribution is 5.78. The highest BCUT2D eigenvalue weighted by atomic mass is 16.3. The number of rotatable bonds is 10. The van der Waals surface area contributed by atoms with Gasteiger partial charge < -0.3 is 25.5 Å². The molecule has 0 atom stereocenters. The molecule has 29 heavy (non-hydrogen) atoms. The summed E-state index contributed by atoms with van der Waals surface area (Å²) in [5.41, 5.74) is 0. The predicted octanol–water partition coefficient (Wildman–Crippen LogP) is 1.86. The number of aromatic nitrogens is 3. The number of nitrogens with one attached hydrogen (secondary N) is 2. The van der Waals surface area contributed by atoms with Crippen LogP contribution in [-0.4, -0.2) is 75.7 Å². The second-order valence-corrected chi connectivity index (χ2v) is 7.87. The van der Waals surface area contributed by atoms with Crippen molar-refractivity contribution in [2.75, 3.05) is 48.3 Å². The van der Waals surface area contributed by atoms with Crippen LogP contribution in [0.25, 0.3) is 0 Å². The summed E-state index contributed by atoms with van der Waals surface area (Å²) >= 11 is 0. The minimum Gasteiger partial charge on any atom is -0.393 e. The highest BCUT2D eigenvalue weighted by Crippen LogP contribution is 2.22. The standard InChI is InChI=1S/C20H35N7O2/c1-3-26(4-2)20-24-18(21-12-6-14-27-13-5-7-17(27)29)23-19(25-20)22-15-8-10-16(28)11-9-15/h15-16,28H,3-14H2,1-2H3,(H2,21,22,23,24,25). The van der Waals surface area contributed by atoms with Crippen molar-refractivity contribution in [2.45, 2.75) is 70.9 Å². The Morgan fingerprint density at radius 3 is 2.48 bits per heavy atom. The first kappa shape index (κ1) is 21.5. The summed E-state index contributed by atoms with van der Waals surface area (Å²) in [5.74, 6) is 2.08. The van der Waals surface area contributed by atoms with Crippen LogP contribution >= 0.6 is 0 Å². The number of aliphatic hydroxyl groups excluding tert-OH is 1. The fourth-order valence-corrected chi connectivity index (χ4v) is 3.97. The Hall–Kier alpha value is -2.16. The summed E-state index contributed by atoms with van der Waals surface area (Å²) < 4.78 is 0. The Morgan fingerprint density at radius 1 is 1.10 bits per heavy atom. The first-order chi connectivity index (χ1) is 14.1. The number of likely N-dealkylation sites (tertiary alicyclic amines) is 1. The molecule has 3 rings (SSSR count). The Morgan fingerprint density at radius 2 is 1.83 bits per heavy atom. The maximum Gasteiger partial charge on any atom is 0.231 e. The normalized spacial score (nSPS) is 22.0. The van der Waals surface area contributed by atoms with Gasteiger partial charge in [0, 0.05) is 45.2 Å². The maximum atomic E-state index is 11.7. The molecular formula is C20H35N7O2. The molecule has 2 aliphatic rings. The SMILES string of the molecule is CCN(CC)c1nc(NCCCN2CCCC2=O)nc(NC2CCC(O)CC2)n1. The van der Waals surface area contributed by atoms with Crippen LogP contribution in [0.15, 0.2) is 0 Å². The van der Waals surface area contributed by atoms with E-state index >= 15 is 0 Å². The Labute approximate surface area is 173 Å². The van der Waals surface area contributed by atoms with Gasteiger partial charge in [0.05, 0.1) is 6.10 Å². The first-order valence-electron chi connectivity index (χ1n) is 11.1. The monoisotopic (exact) mass is 405 g/mol. The summed E-state index contributed by atoms with van der Waals surface area (Å²) in [7, 11) is 0. The minimum absolute atomic E-state index is 0.183. The van der Waals surface area contributed by atoms with Crippen molar-refractivity contribution in [1.29, 1.82) is 0 Å². The second kappa shape index (κ2) is 10.6. The van der Waals surface area contributed by atoms with Crippen molar-refractivity contribution in [2.24, 2.45) is 0 Å². The zero-order valence-electron chi connectivity index (χ0n) is 17.7. The van der Waals surface area contributed by atoms with Crippen molar-refractivity contribution in [3.63, 3.8) is 0 Å². The fraction of sp³-hybridized carbons (Fsp3) is 0.800. The van der Waals surface area contributed by atoms with E-state index in [2.05, 4.69) is 44.3 Å². The number of hydrogen-bond acceptors (Lipinski definition) is 8. The molecule has 1 aliphatic heterocycles. The third-order valence-electron chi connectivity index (χ3n) is 5.76. The third-order valence-corrected chi connectivity index (χ3v) is 5.76. The van der Waals surface area contributed by atoms with Gasteiger partial charge in [0.2, 0.25) is 23.8 Å². The first-order valence-corrected chi connectivity index (χ1v) is 11.1. The average molecular weight is 406 g/mol. The van der Waals surface area contributed by atoms with Crippen molar-refractivity contribution in [3.8, 4) is 0 Å². The molecule has 9 heteroatoms. The van der Waals surface area contributed by atoms with E-state index in [4.69, 9.17) is 0 Å². The number of amides is 1. The van der Waals surface area contributed by atoms with Crippen LogP contribution in [0, 0.1) is 0 Å². The van der Waals surface area contributed by atoms with Gasteiger partial charge in [-0.05, 0) is 52.4 Å². The zero-order valence-corrected chi connectivity index (χ0v) is 17.7. The van der Waals surface area contributed by atoms with Gasteiger partial charge in [0.25, 0.3) is 0 Å². The second-order valence-electron chi connectivity index (χ2n) is 7.87. The zero-order chi connectivity index (χ0) is 20.6. The van der Waals surface area contributed by atoms with Crippen LogP contribution in [-0.2, 0) is 4.79 Å². The molecule has 2 fully saturated rings. The molecule has 1 amide bonds. The number of nitrogens with zero attached hydrogens (tertiary/aromatic N) is 5. The molecule has 1 aromatic rings. The van der Waals surface area contributed by atoms with Crippen molar-refractivity contribution >= 4 is 23.8 Å². The number of carbonyl (C=O) groups is 1. The lowest BCUT2D eigenvalue weighted by molar-refractivity contribution is -0.127. The summed E-state index contributed by atoms with van der Waals surface area (Å²) in [6, 6.07) is 0.277. The van der Waals surface area contributed by atoms with Crippen LogP contribution in [0.4, 0.5) is 17.8 Å². The molecule has 9 nitrogen and oxygen atoms in total. The lowest BCUT2D eigenvalue weighted by Crippen LogP contribution is -2.30. The minimum atomic E-state index is -0.183. The van der Waals surface area contributed by atoms with Crippen LogP contribution < -0.4 is 15.5 Å². The van der Waals surface area contributed by atoms with Crippen molar-refractivity contribution in [3.05, 3.63) is 0 Å². The van der Waals surface area contributed by atoms with Gasteiger partial charge in [-0.15, -0.1) is 0 Å². The van der Waals surface area contributed by atoms with E-state index in [1.54, 1.807) is 0 Å². The van der Waals surface area contributed by atoms with Gasteiger partial charge >= 0.3 is 0 Å². The van der Waals surface area contributed by atoms with Crippen LogP contribution in [0.5, 0.6) is 0 Å². The summed E-state index contributed by atoms with van der Waals surface area (Å²) in [6.07, 6.45) is 5.79. The fourth-order valence-electron chi connectivity index (χ4n) is 3.97. The molecule has 1 aliphatic carbocycles. The number of anilines is 3. The van der Waals surface area contributed by atoms with E-state index in [-0.39, 0.29) is 18.1 Å². The molecule has 3 N–H and O–H groups in total. The van der Waals surface area contributed by atoms with Crippen LogP contribution in [0.1, 0.15) is 58.8 Å². The van der Waals surface area contributed by atoms with E-state index in [9.17, 15) is 9.90 Å². The van der Waals surface area contributed by atoms with Gasteiger partial charge in [-0.1, -0.05) is 0 Å². The summed E-state index contributed by atoms with van der Waals surface area (Å²) in [6.45, 7) is 8.18. The molecule has 2 heterocycles. The van der Waals surface area contributed by atoms with Crippen molar-refractivity contribution in [1.82, 2.24) is 19.9 Å². The van der Waals surface area contributed by atoms with E-state index in [1.807, 2.05) is 4.90 Å². The quantitative estimate of drug-likeness (QED) is 0.507. The maximum absolute atomic E-state index is 11.7. The predicted molar refractivity (Wildman–Crippen MR) is 114 cm³/mol. The average Bonchev–Trinajstić information content (AvgIpc) is 3.13. The van der Waals surface area contributed by atoms with Crippen LogP contribution in [0.2, 0.25) is 0 Å². The molecule has 0 aromatic carbocycles. The largest absolute Gasteiger partial charge is 0.393 e. The summed E-state index contributed by atoms with van der Waals surface area (Å²) in [5, 5.41) is 16.5. The summed E-state index contributed by atoms with van der Waals surface area (Å²) in [4.78, 5) is 29.5. The van der Waals surface area contributed by atoms with E-state index in [0.717, 1.165) is 64.7 Å². The van der Waals surface area contributed by atoms with Crippen LogP contribution in [0.3, 0.4) is 0 Å². The topological polar surface area (TPSA) is 107 Å². The molecule has 0 radical (unpaired) electrons. The molecule has 1 saturated carbocycles. The van der Waals surface area contributed by atoms with E-state index in [1.165, 1.54) is 0 Å². The van der Waals surface area contributed by atoms with Crippen molar-refractivity contribution < 1.29 is 9.90 Å². The van der Waals surface area contributed by atoms with Gasteiger partial charge in [0.15, 0.2) is 0 Å². The van der Waals surface area contributed by atoms with Gasteiger partial charge in [-0.25, -0.2) is 0 Å². The van der Waals surface area contributed by atoms with Gasteiger partial charge in [-0.3, -0.25) is 4.79 Å². The van der Waals surface area contributed by atoms with Gasteiger partial charge in [-0.2, -0.15) is 15.0 Å². The molecule has 0 bridgehead atoms. The molecular weight excluding hydrogens is 370 g/mol. The lowest BCUT2D eigenvalue weighted by atomic mass is 9.93. The number of hydrogen-bond donors (Lipinski definition) is 3. The Kier molecular flexibility index (Phi) is 7.85. The highest BCUT2D eigenvalue weighted by Gasteiger charge is 2.21. The smallest absolute Gasteiger partial charge is 0.231 e. The molecule has 1 saturated heterocycles. The van der Waals surface area contributed by atoms with E-state index < -0.39 is 0 Å². The molecule has 0 spiro atoms. The third kappa shape index (κ3) is 6.16. The number of aliphatic hydroxyl groups is 1. The molecule has 0 unspecified atom stereocenters.